The van der Waals surface area contributed by atoms with Gasteiger partial charge in [-0.2, -0.15) is 27.1 Å². The average molecular weight is 512 g/mol. The first-order chi connectivity index (χ1) is 14.7. The van der Waals surface area contributed by atoms with Gasteiger partial charge in [0, 0.05) is 21.7 Å². The number of hydrogen-bond donors (Lipinski definition) is 0. The molecule has 0 aromatic carbocycles. The summed E-state index contributed by atoms with van der Waals surface area (Å²) in [7, 11) is -2.79. The molecule has 2 fully saturated rings. The molecule has 2 saturated carbocycles. The van der Waals surface area contributed by atoms with Crippen molar-refractivity contribution in [3.8, 4) is 0 Å². The van der Waals surface area contributed by atoms with Crippen molar-refractivity contribution in [3.05, 3.63) is 64.2 Å². The molecule has 0 bridgehead atoms. The smallest absolute Gasteiger partial charge is 0.180 e. The molecule has 0 saturated heterocycles. The summed E-state index contributed by atoms with van der Waals surface area (Å²) in [5, 5.41) is 0. The van der Waals surface area contributed by atoms with Crippen LogP contribution >= 0.6 is 17.2 Å². The number of rotatable bonds is 12. The first-order valence-electron chi connectivity index (χ1n) is 10.5. The third-order valence-corrected chi connectivity index (χ3v) is 5.83. The number of hydrogen-bond acceptors (Lipinski definition) is 6. The molecule has 0 heterocycles. The Morgan fingerprint density at radius 3 is 0.581 bits per heavy atom. The van der Waals surface area contributed by atoms with Gasteiger partial charge in [-0.3, -0.25) is 0 Å². The fraction of sp³-hybridized carbons (Fsp3) is 0.545. The Morgan fingerprint density at radius 2 is 0.484 bits per heavy atom. The third kappa shape index (κ3) is 31.3. The molecule has 2 aliphatic rings. The van der Waals surface area contributed by atoms with Crippen LogP contribution in [-0.2, 0) is 48.9 Å². The van der Waals surface area contributed by atoms with Gasteiger partial charge < -0.3 is 0 Å². The van der Waals surface area contributed by atoms with Gasteiger partial charge in [-0.1, -0.05) is 0 Å². The van der Waals surface area contributed by atoms with Gasteiger partial charge in [-0.05, 0) is 106 Å². The summed E-state index contributed by atoms with van der Waals surface area (Å²) < 4.78 is 31.1. The summed E-state index contributed by atoms with van der Waals surface area (Å²) in [4.78, 5) is 0. The van der Waals surface area contributed by atoms with Crippen LogP contribution in [0.2, 0.25) is 0 Å². The van der Waals surface area contributed by atoms with Gasteiger partial charge in [0.25, 0.3) is 0 Å². The van der Waals surface area contributed by atoms with Crippen LogP contribution in [0.5, 0.6) is 0 Å². The minimum Gasteiger partial charge on any atom is -0.180 e. The van der Waals surface area contributed by atoms with Gasteiger partial charge >= 0.3 is 17.2 Å². The van der Waals surface area contributed by atoms with Crippen molar-refractivity contribution in [2.45, 2.75) is 41.5 Å². The van der Waals surface area contributed by atoms with Crippen LogP contribution in [0.1, 0.15) is 41.5 Å². The largest absolute Gasteiger partial charge is 0.397 e. The minimum absolute atomic E-state index is 0. The van der Waals surface area contributed by atoms with E-state index in [9.17, 15) is 0 Å². The molecule has 0 N–H and O–H groups in total. The van der Waals surface area contributed by atoms with E-state index in [1.165, 1.54) is 0 Å². The molecule has 0 aromatic heterocycles. The van der Waals surface area contributed by atoms with E-state index in [4.69, 9.17) is 27.1 Å². The van der Waals surface area contributed by atoms with Crippen LogP contribution in [0.15, 0.2) is 0 Å². The Kier molecular flexibility index (Phi) is 39.9. The predicted molar refractivity (Wildman–Crippen MR) is 129 cm³/mol. The Hall–Kier alpha value is 1.33. The van der Waals surface area contributed by atoms with E-state index < -0.39 is 17.2 Å². The van der Waals surface area contributed by atoms with E-state index in [2.05, 4.69) is 0 Å². The molecule has 2 rings (SSSR count). The van der Waals surface area contributed by atoms with Crippen molar-refractivity contribution in [2.75, 3.05) is 39.6 Å². The molecule has 0 atom stereocenters. The summed E-state index contributed by atoms with van der Waals surface area (Å²) >= 11 is 0. The molecule has 0 aliphatic heterocycles. The van der Waals surface area contributed by atoms with Crippen molar-refractivity contribution in [1.82, 2.24) is 0 Å². The van der Waals surface area contributed by atoms with Crippen LogP contribution in [0.4, 0.5) is 0 Å². The average Bonchev–Trinajstić information content (AvgIpc) is 3.49. The van der Waals surface area contributed by atoms with Crippen LogP contribution in [0, 0.1) is 64.2 Å². The fourth-order valence-electron chi connectivity index (χ4n) is 1.60. The maximum Gasteiger partial charge on any atom is 0.397 e. The van der Waals surface area contributed by atoms with Crippen LogP contribution < -0.4 is 0 Å². The second-order valence-corrected chi connectivity index (χ2v) is 7.75. The van der Waals surface area contributed by atoms with Gasteiger partial charge in [0.15, 0.2) is 0 Å². The summed E-state index contributed by atoms with van der Waals surface area (Å²) in [5.41, 5.74) is 0. The molecule has 9 heteroatoms. The molecule has 0 unspecified atom stereocenters. The van der Waals surface area contributed by atoms with Crippen molar-refractivity contribution in [3.63, 3.8) is 0 Å². The van der Waals surface area contributed by atoms with Gasteiger partial charge in [0.05, 0.1) is 39.6 Å². The van der Waals surface area contributed by atoms with E-state index in [0.717, 1.165) is 0 Å². The molecule has 0 spiro atoms. The molecular weight excluding hydrogens is 470 g/mol. The molecule has 31 heavy (non-hydrogen) atoms. The SMILES string of the molecule is CCO[PH+](OCC)OCC.CCO[PH+](OCC)OCC.[CH]1[CH][CH][CH][CH]1.[CH]1[CH][CH][CH][CH]1.[Ti]. The van der Waals surface area contributed by atoms with Gasteiger partial charge in [0.1, 0.15) is 0 Å². The van der Waals surface area contributed by atoms with E-state index in [1.54, 1.807) is 0 Å². The molecule has 6 nitrogen and oxygen atoms in total. The van der Waals surface area contributed by atoms with Crippen LogP contribution in [0.3, 0.4) is 0 Å². The quantitative estimate of drug-likeness (QED) is 0.231. The normalized spacial score (nSPS) is 14.7. The van der Waals surface area contributed by atoms with Gasteiger partial charge in [-0.15, -0.1) is 0 Å². The Bertz CT molecular complexity index is 227. The molecule has 0 aromatic rings. The second-order valence-electron chi connectivity index (χ2n) is 5.02. The summed E-state index contributed by atoms with van der Waals surface area (Å²) in [6.07, 6.45) is 20.0. The molecule has 0 amide bonds. The standard InChI is InChI=1S/2C6H16O3P.2C5H5.Ti/c2*1-4-7-10(8-5-2)9-6-3;2*1-2-4-5-3-1;/h2*10H,4-6H2,1-3H3;2*1-5H;/q2*+1;;;. The first-order valence-corrected chi connectivity index (χ1v) is 13.0. The second kappa shape index (κ2) is 33.5. The summed E-state index contributed by atoms with van der Waals surface area (Å²) in [6.45, 7) is 15.6. The zero-order valence-electron chi connectivity index (χ0n) is 20.0. The van der Waals surface area contributed by atoms with E-state index in [0.29, 0.717) is 39.6 Å². The molecule has 2 aliphatic carbocycles. The topological polar surface area (TPSA) is 55.4 Å². The van der Waals surface area contributed by atoms with Crippen molar-refractivity contribution in [1.29, 1.82) is 0 Å². The monoisotopic (exact) mass is 512 g/mol. The Morgan fingerprint density at radius 1 is 0.355 bits per heavy atom. The maximum absolute atomic E-state index is 5.18. The van der Waals surface area contributed by atoms with E-state index in [-0.39, 0.29) is 21.7 Å². The zero-order valence-corrected chi connectivity index (χ0v) is 23.5. The summed E-state index contributed by atoms with van der Waals surface area (Å²) in [5.74, 6) is 0. The van der Waals surface area contributed by atoms with Crippen molar-refractivity contribution < 1.29 is 48.9 Å². The molecule has 178 valence electrons. The van der Waals surface area contributed by atoms with Crippen LogP contribution in [0.25, 0.3) is 0 Å². The Balaban J connectivity index is -0.000000348. The van der Waals surface area contributed by atoms with Crippen molar-refractivity contribution >= 4 is 17.2 Å². The third-order valence-electron chi connectivity index (χ3n) is 2.68. The van der Waals surface area contributed by atoms with Crippen LogP contribution in [-0.4, -0.2) is 39.6 Å². The van der Waals surface area contributed by atoms with Gasteiger partial charge in [-0.25, -0.2) is 0 Å². The molecule has 10 radical (unpaired) electrons. The molecular formula is C22H42O6P2Ti+2. The fourth-order valence-corrected chi connectivity index (χ4v) is 3.51. The van der Waals surface area contributed by atoms with E-state index >= 15 is 0 Å². The minimum atomic E-state index is -1.40. The summed E-state index contributed by atoms with van der Waals surface area (Å²) in [6, 6.07) is 0. The van der Waals surface area contributed by atoms with Crippen molar-refractivity contribution in [2.24, 2.45) is 0 Å². The van der Waals surface area contributed by atoms with E-state index in [1.807, 2.05) is 106 Å². The predicted octanol–water partition coefficient (Wildman–Crippen LogP) is 6.15. The zero-order chi connectivity index (χ0) is 22.7. The van der Waals surface area contributed by atoms with Gasteiger partial charge in [0.2, 0.25) is 0 Å². The maximum atomic E-state index is 5.18. The Labute approximate surface area is 211 Å². The first kappa shape index (κ1) is 36.9.